The van der Waals surface area contributed by atoms with Crippen LogP contribution in [-0.4, -0.2) is 35.5 Å². The Kier molecular flexibility index (Phi) is 1.96. The Hall–Kier alpha value is -0.890. The van der Waals surface area contributed by atoms with Crippen LogP contribution in [0.1, 0.15) is 0 Å². The van der Waals surface area contributed by atoms with E-state index in [1.54, 1.807) is 0 Å². The third kappa shape index (κ3) is 1.57. The molecule has 64 valence electrons. The second-order valence-corrected chi connectivity index (χ2v) is 2.20. The molecule has 0 aromatic rings. The Labute approximate surface area is 61.8 Å². The van der Waals surface area contributed by atoms with E-state index in [-0.39, 0.29) is 13.2 Å². The van der Waals surface area contributed by atoms with E-state index < -0.39 is 17.0 Å². The summed E-state index contributed by atoms with van der Waals surface area (Å²) in [6, 6.07) is 0. The molecule has 0 saturated carbocycles. The van der Waals surface area contributed by atoms with Crippen molar-refractivity contribution in [3.05, 3.63) is 5.21 Å². The van der Waals surface area contributed by atoms with E-state index in [1.807, 2.05) is 0 Å². The van der Waals surface area contributed by atoms with E-state index in [0.717, 1.165) is 0 Å². The van der Waals surface area contributed by atoms with E-state index in [2.05, 4.69) is 9.47 Å². The summed E-state index contributed by atoms with van der Waals surface area (Å²) >= 11 is 0. The summed E-state index contributed by atoms with van der Waals surface area (Å²) in [5, 5.41) is 18.2. The molecule has 0 bridgehead atoms. The highest BCUT2D eigenvalue weighted by atomic mass is 16.8. The van der Waals surface area contributed by atoms with Crippen LogP contribution < -0.4 is 5.73 Å². The first-order valence-electron chi connectivity index (χ1n) is 2.79. The first-order chi connectivity index (χ1) is 5.04. The van der Waals surface area contributed by atoms with Crippen molar-refractivity contribution in [1.82, 2.24) is 5.23 Å². The zero-order valence-corrected chi connectivity index (χ0v) is 5.52. The van der Waals surface area contributed by atoms with E-state index >= 15 is 0 Å². The lowest BCUT2D eigenvalue weighted by Crippen LogP contribution is -2.61. The Morgan fingerprint density at radius 2 is 2.09 bits per heavy atom. The summed E-state index contributed by atoms with van der Waals surface area (Å²) in [4.78, 5) is 10.3. The number of carbonyl (C=O) groups is 1. The smallest absolute Gasteiger partial charge is 0.508 e. The lowest BCUT2D eigenvalue weighted by Gasteiger charge is -2.41. The highest BCUT2D eigenvalue weighted by Gasteiger charge is 2.34. The van der Waals surface area contributed by atoms with Gasteiger partial charge in [-0.25, -0.2) is 10.0 Å². The molecule has 0 radical (unpaired) electrons. The molecule has 0 aromatic carbocycles. The zero-order chi connectivity index (χ0) is 8.48. The van der Waals surface area contributed by atoms with Gasteiger partial charge in [0.1, 0.15) is 18.9 Å². The van der Waals surface area contributed by atoms with Crippen molar-refractivity contribution in [2.24, 2.45) is 5.73 Å². The highest BCUT2D eigenvalue weighted by molar-refractivity contribution is 5.60. The molecule has 11 heavy (non-hydrogen) atoms. The van der Waals surface area contributed by atoms with Crippen molar-refractivity contribution in [2.75, 3.05) is 13.2 Å². The van der Waals surface area contributed by atoms with Gasteiger partial charge < -0.3 is 25.6 Å². The van der Waals surface area contributed by atoms with E-state index in [4.69, 9.17) is 10.9 Å². The Balaban J connectivity index is 2.55. The normalized spacial score (nSPS) is 22.7. The molecule has 7 heteroatoms. The molecule has 1 rings (SSSR count). The van der Waals surface area contributed by atoms with Gasteiger partial charge in [0.2, 0.25) is 0 Å². The first-order valence-corrected chi connectivity index (χ1v) is 2.79. The van der Waals surface area contributed by atoms with Gasteiger partial charge in [0.05, 0.1) is 0 Å². The zero-order valence-electron chi connectivity index (χ0n) is 5.52. The average Bonchev–Trinajstić information content (AvgIpc) is 1.95. The number of cyclic esters (lactones) is 2. The van der Waals surface area contributed by atoms with E-state index in [0.29, 0.717) is 0 Å². The number of rotatable bonds is 1. The van der Waals surface area contributed by atoms with Crippen molar-refractivity contribution >= 4 is 6.16 Å². The molecule has 0 aromatic heterocycles. The molecule has 0 spiro atoms. The van der Waals surface area contributed by atoms with E-state index in [9.17, 15) is 10.0 Å². The van der Waals surface area contributed by atoms with Crippen molar-refractivity contribution in [3.63, 3.8) is 0 Å². The van der Waals surface area contributed by atoms with Gasteiger partial charge >= 0.3 is 6.16 Å². The van der Waals surface area contributed by atoms with Crippen LogP contribution in [0.15, 0.2) is 0 Å². The van der Waals surface area contributed by atoms with Gasteiger partial charge in [-0.05, 0) is 0 Å². The lowest BCUT2D eigenvalue weighted by molar-refractivity contribution is -0.184. The summed E-state index contributed by atoms with van der Waals surface area (Å²) < 4.78 is 8.53. The second-order valence-electron chi connectivity index (χ2n) is 2.20. The van der Waals surface area contributed by atoms with Crippen LogP contribution in [0.3, 0.4) is 0 Å². The maximum absolute atomic E-state index is 10.3. The average molecular weight is 163 g/mol. The molecule has 7 nitrogen and oxygen atoms in total. The molecule has 0 atom stereocenters. The molecule has 1 heterocycles. The van der Waals surface area contributed by atoms with Crippen LogP contribution in [0.25, 0.3) is 0 Å². The van der Waals surface area contributed by atoms with Crippen LogP contribution >= 0.6 is 0 Å². The fourth-order valence-corrected chi connectivity index (χ4v) is 0.562. The number of nitrogens with two attached hydrogens (primary N) is 1. The number of hydrogen-bond donors (Lipinski definition) is 2. The van der Waals surface area contributed by atoms with Crippen LogP contribution in [0.4, 0.5) is 4.79 Å². The van der Waals surface area contributed by atoms with Crippen molar-refractivity contribution in [2.45, 2.75) is 5.66 Å². The molecule has 1 saturated heterocycles. The Morgan fingerprint density at radius 3 is 2.45 bits per heavy atom. The first kappa shape index (κ1) is 8.21. The number of nitrogens with zero attached hydrogens (tertiary/aromatic N) is 1. The van der Waals surface area contributed by atoms with Gasteiger partial charge in [-0.15, -0.1) is 0 Å². The summed E-state index contributed by atoms with van der Waals surface area (Å²) in [6.45, 7) is -0.766. The quantitative estimate of drug-likeness (QED) is 0.290. The van der Waals surface area contributed by atoms with Gasteiger partial charge in [0.15, 0.2) is 0 Å². The van der Waals surface area contributed by atoms with Crippen LogP contribution in [0.2, 0.25) is 0 Å². The van der Waals surface area contributed by atoms with Gasteiger partial charge in [-0.1, -0.05) is 0 Å². The minimum absolute atomic E-state index is 0.383. The van der Waals surface area contributed by atoms with Gasteiger partial charge in [-0.3, -0.25) is 0 Å². The maximum atomic E-state index is 10.3. The topological polar surface area (TPSA) is 108 Å². The van der Waals surface area contributed by atoms with Crippen molar-refractivity contribution in [3.8, 4) is 0 Å². The molecule has 3 N–H and O–H groups in total. The molecule has 0 amide bonds. The third-order valence-corrected chi connectivity index (χ3v) is 1.26. The molecule has 0 aliphatic carbocycles. The Bertz CT molecular complexity index is 160. The highest BCUT2D eigenvalue weighted by Crippen LogP contribution is 2.12. The van der Waals surface area contributed by atoms with E-state index in [1.165, 1.54) is 0 Å². The SMILES string of the molecule is NC1(N([O-])O)COC(=O)OC1. The molecular weight excluding hydrogens is 156 g/mol. The Morgan fingerprint density at radius 1 is 1.64 bits per heavy atom. The largest absolute Gasteiger partial charge is 0.761 e. The van der Waals surface area contributed by atoms with Gasteiger partial charge in [-0.2, -0.15) is 0 Å². The van der Waals surface area contributed by atoms with Crippen molar-refractivity contribution < 1.29 is 19.5 Å². The summed E-state index contributed by atoms with van der Waals surface area (Å²) in [7, 11) is 0. The lowest BCUT2D eigenvalue weighted by atomic mass is 10.2. The number of carbonyl (C=O) groups excluding carboxylic acids is 1. The van der Waals surface area contributed by atoms with Crippen LogP contribution in [0.5, 0.6) is 0 Å². The number of ether oxygens (including phenoxy) is 2. The third-order valence-electron chi connectivity index (χ3n) is 1.26. The maximum Gasteiger partial charge on any atom is 0.508 e. The predicted molar refractivity (Wildman–Crippen MR) is 31.2 cm³/mol. The predicted octanol–water partition coefficient (Wildman–Crippen LogP) is -1.00. The van der Waals surface area contributed by atoms with Gasteiger partial charge in [0, 0.05) is 0 Å². The number of hydrogen-bond acceptors (Lipinski definition) is 7. The van der Waals surface area contributed by atoms with Gasteiger partial charge in [0.25, 0.3) is 0 Å². The number of hydroxylamine groups is 2. The van der Waals surface area contributed by atoms with Crippen LogP contribution in [-0.2, 0) is 9.47 Å². The minimum Gasteiger partial charge on any atom is -0.761 e. The summed E-state index contributed by atoms with van der Waals surface area (Å²) in [5.41, 5.74) is 3.55. The fourth-order valence-electron chi connectivity index (χ4n) is 0.562. The molecule has 0 unspecified atom stereocenters. The van der Waals surface area contributed by atoms with Crippen LogP contribution in [0, 0.1) is 5.21 Å². The molecule has 1 aliphatic heterocycles. The molecular formula is C4H7N2O5-. The summed E-state index contributed by atoms with van der Waals surface area (Å²) in [5.74, 6) is 0. The minimum atomic E-state index is -1.67. The standard InChI is InChI=1S/C4H7N2O5/c5-4(6(8)9)1-10-3(7)11-2-4/h8H,1-2,5H2/q-1. The van der Waals surface area contributed by atoms with Crippen molar-refractivity contribution in [1.29, 1.82) is 0 Å². The molecule has 1 aliphatic rings. The second kappa shape index (κ2) is 2.62. The summed E-state index contributed by atoms with van der Waals surface area (Å²) in [6.07, 6.45) is -0.895. The fraction of sp³-hybridized carbons (Fsp3) is 0.750. The monoisotopic (exact) mass is 163 g/mol. The molecule has 1 fully saturated rings.